The first kappa shape index (κ1) is 12.4. The lowest BCUT2D eigenvalue weighted by atomic mass is 10.1. The molecule has 0 bridgehead atoms. The maximum Gasteiger partial charge on any atom is 0.304 e. The Morgan fingerprint density at radius 1 is 1.33 bits per heavy atom. The van der Waals surface area contributed by atoms with Crippen molar-refractivity contribution in [1.29, 1.82) is 0 Å². The van der Waals surface area contributed by atoms with E-state index in [4.69, 9.17) is 0 Å². The highest BCUT2D eigenvalue weighted by atomic mass is 32.2. The molecular formula is C9H18N2O3S. The second kappa shape index (κ2) is 4.09. The van der Waals surface area contributed by atoms with Crippen LogP contribution in [0.4, 0.5) is 0 Å². The summed E-state index contributed by atoms with van der Waals surface area (Å²) in [5.41, 5.74) is 0. The van der Waals surface area contributed by atoms with Gasteiger partial charge in [0.25, 0.3) is 0 Å². The van der Waals surface area contributed by atoms with E-state index in [1.54, 1.807) is 13.8 Å². The van der Waals surface area contributed by atoms with Gasteiger partial charge in [0.1, 0.15) is 0 Å². The van der Waals surface area contributed by atoms with Crippen LogP contribution in [0.1, 0.15) is 27.7 Å². The van der Waals surface area contributed by atoms with Crippen molar-refractivity contribution in [2.75, 3.05) is 6.54 Å². The number of nitrogens with zero attached hydrogens (tertiary/aromatic N) is 1. The molecule has 1 saturated heterocycles. The highest BCUT2D eigenvalue weighted by Gasteiger charge is 2.46. The molecule has 15 heavy (non-hydrogen) atoms. The van der Waals surface area contributed by atoms with E-state index >= 15 is 0 Å². The average Bonchev–Trinajstić information content (AvgIpc) is 2.81. The van der Waals surface area contributed by atoms with Crippen LogP contribution in [0.15, 0.2) is 0 Å². The Labute approximate surface area is 91.0 Å². The van der Waals surface area contributed by atoms with Gasteiger partial charge in [-0.15, -0.1) is 0 Å². The van der Waals surface area contributed by atoms with E-state index in [1.165, 1.54) is 4.31 Å². The van der Waals surface area contributed by atoms with Crippen molar-refractivity contribution in [3.05, 3.63) is 0 Å². The van der Waals surface area contributed by atoms with Crippen LogP contribution < -0.4 is 4.72 Å². The van der Waals surface area contributed by atoms with Crippen molar-refractivity contribution >= 4 is 16.1 Å². The van der Waals surface area contributed by atoms with E-state index in [2.05, 4.69) is 4.72 Å². The van der Waals surface area contributed by atoms with Crippen LogP contribution in [0.5, 0.6) is 0 Å². The largest absolute Gasteiger partial charge is 0.304 e. The first-order valence-electron chi connectivity index (χ1n) is 5.09. The lowest BCUT2D eigenvalue weighted by Crippen LogP contribution is -2.38. The van der Waals surface area contributed by atoms with Crippen molar-refractivity contribution in [3.8, 4) is 0 Å². The third-order valence-electron chi connectivity index (χ3n) is 2.44. The fourth-order valence-corrected chi connectivity index (χ4v) is 2.82. The molecule has 0 aliphatic carbocycles. The van der Waals surface area contributed by atoms with E-state index in [9.17, 15) is 13.2 Å². The molecule has 1 N–H and O–H groups in total. The lowest BCUT2D eigenvalue weighted by molar-refractivity contribution is -0.122. The van der Waals surface area contributed by atoms with E-state index < -0.39 is 16.1 Å². The van der Waals surface area contributed by atoms with Gasteiger partial charge in [-0.25, -0.2) is 4.72 Å². The van der Waals surface area contributed by atoms with E-state index in [1.807, 2.05) is 13.8 Å². The van der Waals surface area contributed by atoms with E-state index in [-0.39, 0.29) is 17.9 Å². The summed E-state index contributed by atoms with van der Waals surface area (Å²) in [7, 11) is -3.59. The topological polar surface area (TPSA) is 66.2 Å². The molecule has 0 spiro atoms. The van der Waals surface area contributed by atoms with Gasteiger partial charge < -0.3 is 0 Å². The summed E-state index contributed by atoms with van der Waals surface area (Å²) >= 11 is 0. The average molecular weight is 234 g/mol. The Hall–Kier alpha value is -0.620. The summed E-state index contributed by atoms with van der Waals surface area (Å²) in [5.74, 6) is -0.489. The second-order valence-corrected chi connectivity index (χ2v) is 6.13. The zero-order chi connectivity index (χ0) is 11.8. The van der Waals surface area contributed by atoms with Gasteiger partial charge in [-0.1, -0.05) is 27.7 Å². The van der Waals surface area contributed by atoms with Gasteiger partial charge in [0.2, 0.25) is 5.91 Å². The first-order chi connectivity index (χ1) is 6.75. The molecule has 0 unspecified atom stereocenters. The highest BCUT2D eigenvalue weighted by Crippen LogP contribution is 2.27. The van der Waals surface area contributed by atoms with Crippen LogP contribution in [0.3, 0.4) is 0 Å². The molecule has 0 aromatic carbocycles. The van der Waals surface area contributed by atoms with Crippen LogP contribution in [0, 0.1) is 11.8 Å². The first-order valence-corrected chi connectivity index (χ1v) is 6.53. The molecule has 0 saturated carbocycles. The minimum absolute atomic E-state index is 0.0439. The summed E-state index contributed by atoms with van der Waals surface area (Å²) in [5, 5.41) is 0. The molecule has 1 amide bonds. The normalized spacial score (nSPS) is 25.7. The van der Waals surface area contributed by atoms with Gasteiger partial charge in [0.15, 0.2) is 0 Å². The summed E-state index contributed by atoms with van der Waals surface area (Å²) in [4.78, 5) is 11.3. The highest BCUT2D eigenvalue weighted by molar-refractivity contribution is 7.88. The molecule has 88 valence electrons. The maximum atomic E-state index is 11.6. The lowest BCUT2D eigenvalue weighted by Gasteiger charge is -2.10. The van der Waals surface area contributed by atoms with Crippen LogP contribution >= 0.6 is 0 Å². The molecule has 6 heteroatoms. The van der Waals surface area contributed by atoms with Crippen LogP contribution in [-0.2, 0) is 15.0 Å². The van der Waals surface area contributed by atoms with Crippen LogP contribution in [-0.4, -0.2) is 31.2 Å². The summed E-state index contributed by atoms with van der Waals surface area (Å²) in [6, 6.07) is 0.0439. The van der Waals surface area contributed by atoms with Gasteiger partial charge in [0, 0.05) is 18.5 Å². The number of carbonyl (C=O) groups excluding carboxylic acids is 1. The smallest absolute Gasteiger partial charge is 0.274 e. The number of amides is 1. The van der Waals surface area contributed by atoms with Crippen molar-refractivity contribution < 1.29 is 13.2 Å². The monoisotopic (exact) mass is 234 g/mol. The van der Waals surface area contributed by atoms with Gasteiger partial charge in [0.05, 0.1) is 0 Å². The molecular weight excluding hydrogens is 216 g/mol. The predicted octanol–water partition coefficient (Wildman–Crippen LogP) is 0.344. The zero-order valence-corrected chi connectivity index (χ0v) is 10.3. The molecule has 1 aliphatic heterocycles. The molecule has 1 rings (SSSR count). The molecule has 1 heterocycles. The summed E-state index contributed by atoms with van der Waals surface area (Å²) < 4.78 is 26.6. The molecule has 1 fully saturated rings. The van der Waals surface area contributed by atoms with Gasteiger partial charge >= 0.3 is 10.2 Å². The zero-order valence-electron chi connectivity index (χ0n) is 9.52. The Balaban J connectivity index is 2.59. The van der Waals surface area contributed by atoms with Crippen molar-refractivity contribution in [2.45, 2.75) is 33.7 Å². The molecule has 0 aromatic heterocycles. The molecule has 2 atom stereocenters. The predicted molar refractivity (Wildman–Crippen MR) is 57.2 cm³/mol. The minimum atomic E-state index is -3.59. The Bertz CT molecular complexity index is 348. The van der Waals surface area contributed by atoms with E-state index in [0.717, 1.165) is 0 Å². The number of nitrogens with one attached hydrogen (secondary N) is 1. The molecule has 5 nitrogen and oxygen atoms in total. The molecule has 1 aliphatic rings. The summed E-state index contributed by atoms with van der Waals surface area (Å²) in [6.07, 6.45) is 0. The van der Waals surface area contributed by atoms with Gasteiger partial charge in [-0.2, -0.15) is 12.7 Å². The fraction of sp³-hybridized carbons (Fsp3) is 0.889. The third kappa shape index (κ3) is 2.92. The Kier molecular flexibility index (Phi) is 3.40. The van der Waals surface area contributed by atoms with Gasteiger partial charge in [-0.3, -0.25) is 4.79 Å². The van der Waals surface area contributed by atoms with E-state index in [0.29, 0.717) is 6.54 Å². The van der Waals surface area contributed by atoms with Crippen LogP contribution in [0.2, 0.25) is 0 Å². The SMILES string of the molecule is CC(C)C(=O)NS(=O)(=O)[N@]1C[C@@H]1C(C)C. The summed E-state index contributed by atoms with van der Waals surface area (Å²) in [6.45, 7) is 7.76. The number of hydrogen-bond donors (Lipinski definition) is 1. The third-order valence-corrected chi connectivity index (χ3v) is 3.93. The molecule has 0 radical (unpaired) electrons. The van der Waals surface area contributed by atoms with Crippen molar-refractivity contribution in [2.24, 2.45) is 11.8 Å². The van der Waals surface area contributed by atoms with Gasteiger partial charge in [-0.05, 0) is 5.92 Å². The fourth-order valence-electron chi connectivity index (χ4n) is 1.26. The Morgan fingerprint density at radius 2 is 1.87 bits per heavy atom. The van der Waals surface area contributed by atoms with Crippen molar-refractivity contribution in [1.82, 2.24) is 9.03 Å². The Morgan fingerprint density at radius 3 is 2.20 bits per heavy atom. The number of rotatable bonds is 4. The standard InChI is InChI=1S/C9H18N2O3S/c1-6(2)8-5-11(8)15(13,14)10-9(12)7(3)4/h6-8H,5H2,1-4H3,(H,10,12)/t8-,11-/m1/s1. The number of hydrogen-bond acceptors (Lipinski definition) is 3. The van der Waals surface area contributed by atoms with Crippen LogP contribution in [0.25, 0.3) is 0 Å². The van der Waals surface area contributed by atoms with Crippen molar-refractivity contribution in [3.63, 3.8) is 0 Å². The quantitative estimate of drug-likeness (QED) is 0.713. The number of carbonyl (C=O) groups is 1. The maximum absolute atomic E-state index is 11.6. The molecule has 0 aromatic rings. The second-order valence-electron chi connectivity index (χ2n) is 4.51. The minimum Gasteiger partial charge on any atom is -0.274 e.